The molecule has 6 nitrogen and oxygen atoms in total. The van der Waals surface area contributed by atoms with Crippen LogP contribution in [-0.2, 0) is 9.53 Å². The van der Waals surface area contributed by atoms with Gasteiger partial charge in [-0.05, 0) is 74.7 Å². The van der Waals surface area contributed by atoms with Crippen molar-refractivity contribution in [3.8, 4) is 0 Å². The van der Waals surface area contributed by atoms with Gasteiger partial charge >= 0.3 is 5.97 Å². The summed E-state index contributed by atoms with van der Waals surface area (Å²) in [4.78, 5) is 11.0. The molecule has 24 heavy (non-hydrogen) atoms. The summed E-state index contributed by atoms with van der Waals surface area (Å²) in [5, 5.41) is 35.3. The molecule has 0 aromatic carbocycles. The molecule has 148 valence electrons. The number of ether oxygens (including phenoxy) is 1. The van der Waals surface area contributed by atoms with Gasteiger partial charge in [0.25, 0.3) is 0 Å². The Morgan fingerprint density at radius 1 is 0.917 bits per heavy atom. The summed E-state index contributed by atoms with van der Waals surface area (Å²) in [5.41, 5.74) is -1.83. The molecule has 0 bridgehead atoms. The quantitative estimate of drug-likeness (QED) is 0.547. The van der Waals surface area contributed by atoms with Gasteiger partial charge in [-0.3, -0.25) is 0 Å². The zero-order valence-corrected chi connectivity index (χ0v) is 17.0. The van der Waals surface area contributed by atoms with E-state index in [9.17, 15) is 9.90 Å². The first-order valence-corrected chi connectivity index (χ1v) is 8.54. The van der Waals surface area contributed by atoms with E-state index in [2.05, 4.69) is 0 Å². The molecule has 0 radical (unpaired) electrons. The maximum absolute atomic E-state index is 11.0. The van der Waals surface area contributed by atoms with Crippen LogP contribution in [0.2, 0.25) is 0 Å². The highest BCUT2D eigenvalue weighted by Gasteiger charge is 2.30. The van der Waals surface area contributed by atoms with Crippen LogP contribution < -0.4 is 0 Å². The maximum atomic E-state index is 11.0. The molecule has 3 atom stereocenters. The normalized spacial score (nSPS) is 15.9. The van der Waals surface area contributed by atoms with Gasteiger partial charge in [-0.1, -0.05) is 6.92 Å². The lowest BCUT2D eigenvalue weighted by Crippen LogP contribution is -2.37. The van der Waals surface area contributed by atoms with Crippen LogP contribution >= 0.6 is 0 Å². The Balaban J connectivity index is -0.000000298. The molecule has 0 amide bonds. The summed E-state index contributed by atoms with van der Waals surface area (Å²) in [6.07, 6.45) is 1.04. The number of carbonyl (C=O) groups excluding carboxylic acids is 1. The van der Waals surface area contributed by atoms with Gasteiger partial charge < -0.3 is 25.2 Å². The van der Waals surface area contributed by atoms with Gasteiger partial charge in [-0.2, -0.15) is 0 Å². The van der Waals surface area contributed by atoms with Crippen molar-refractivity contribution in [1.82, 2.24) is 0 Å². The number of aliphatic hydroxyl groups is 4. The molecule has 6 heteroatoms. The fourth-order valence-corrected chi connectivity index (χ4v) is 0.968. The standard InChI is InChI=1S/C8H16O3.C6H14O2.C4H10O/c1-5-8(4,10)7(9)11-6(2)3;1-5(7)3-4-6(2)8;1-4(2,3)5/h6,10H,5H2,1-4H3;5-8H,3-4H2,1-2H3;5H,1-3H3. The van der Waals surface area contributed by atoms with Crippen molar-refractivity contribution in [3.63, 3.8) is 0 Å². The number of esters is 1. The van der Waals surface area contributed by atoms with Crippen molar-refractivity contribution in [2.45, 2.75) is 111 Å². The van der Waals surface area contributed by atoms with E-state index in [-0.39, 0.29) is 18.3 Å². The van der Waals surface area contributed by atoms with E-state index in [0.717, 1.165) is 0 Å². The van der Waals surface area contributed by atoms with Gasteiger partial charge in [-0.25, -0.2) is 4.79 Å². The van der Waals surface area contributed by atoms with Crippen LogP contribution in [0.5, 0.6) is 0 Å². The van der Waals surface area contributed by atoms with Crippen LogP contribution in [0.1, 0.15) is 81.6 Å². The Kier molecular flexibility index (Phi) is 15.9. The fourth-order valence-electron chi connectivity index (χ4n) is 0.968. The molecule has 0 spiro atoms. The van der Waals surface area contributed by atoms with Crippen molar-refractivity contribution in [2.24, 2.45) is 0 Å². The zero-order chi connectivity index (χ0) is 20.1. The summed E-state index contributed by atoms with van der Waals surface area (Å²) in [5.74, 6) is -0.546. The molecule has 0 heterocycles. The summed E-state index contributed by atoms with van der Waals surface area (Å²) >= 11 is 0. The molecule has 0 aromatic heterocycles. The van der Waals surface area contributed by atoms with E-state index in [1.165, 1.54) is 6.92 Å². The van der Waals surface area contributed by atoms with E-state index >= 15 is 0 Å². The highest BCUT2D eigenvalue weighted by atomic mass is 16.6. The number of hydrogen-bond donors (Lipinski definition) is 4. The Morgan fingerprint density at radius 2 is 1.21 bits per heavy atom. The largest absolute Gasteiger partial charge is 0.461 e. The fraction of sp³-hybridized carbons (Fsp3) is 0.944. The third kappa shape index (κ3) is 29.3. The minimum atomic E-state index is -1.33. The van der Waals surface area contributed by atoms with Crippen molar-refractivity contribution in [1.29, 1.82) is 0 Å². The first-order valence-electron chi connectivity index (χ1n) is 8.54. The monoisotopic (exact) mass is 352 g/mol. The third-order valence-electron chi connectivity index (χ3n) is 2.47. The Hall–Kier alpha value is -0.690. The first kappa shape index (κ1) is 28.1. The molecule has 0 aliphatic heterocycles. The van der Waals surface area contributed by atoms with Crippen LogP contribution in [0.25, 0.3) is 0 Å². The zero-order valence-electron chi connectivity index (χ0n) is 17.0. The van der Waals surface area contributed by atoms with Crippen molar-refractivity contribution < 1.29 is 30.0 Å². The highest BCUT2D eigenvalue weighted by Crippen LogP contribution is 2.11. The molecule has 0 fully saturated rings. The molecule has 0 saturated carbocycles. The third-order valence-corrected chi connectivity index (χ3v) is 2.47. The lowest BCUT2D eigenvalue weighted by Gasteiger charge is -2.20. The maximum Gasteiger partial charge on any atom is 0.338 e. The molecule has 0 aromatic rings. The van der Waals surface area contributed by atoms with Gasteiger partial charge in [-0.15, -0.1) is 0 Å². The smallest absolute Gasteiger partial charge is 0.338 e. The van der Waals surface area contributed by atoms with Gasteiger partial charge in [0.1, 0.15) is 0 Å². The number of hydrogen-bond acceptors (Lipinski definition) is 6. The summed E-state index contributed by atoms with van der Waals surface area (Å²) in [6.45, 7) is 15.4. The Morgan fingerprint density at radius 3 is 1.38 bits per heavy atom. The summed E-state index contributed by atoms with van der Waals surface area (Å²) < 4.78 is 4.82. The summed E-state index contributed by atoms with van der Waals surface area (Å²) in [7, 11) is 0. The lowest BCUT2D eigenvalue weighted by molar-refractivity contribution is -0.167. The minimum Gasteiger partial charge on any atom is -0.461 e. The molecule has 4 N–H and O–H groups in total. The molecule has 0 aliphatic rings. The Labute approximate surface area is 147 Å². The van der Waals surface area contributed by atoms with Crippen molar-refractivity contribution in [2.75, 3.05) is 0 Å². The van der Waals surface area contributed by atoms with Gasteiger partial charge in [0.15, 0.2) is 5.60 Å². The van der Waals surface area contributed by atoms with Gasteiger partial charge in [0.05, 0.1) is 23.9 Å². The van der Waals surface area contributed by atoms with Crippen LogP contribution in [0.3, 0.4) is 0 Å². The number of carbonyl (C=O) groups is 1. The van der Waals surface area contributed by atoms with E-state index < -0.39 is 17.2 Å². The van der Waals surface area contributed by atoms with E-state index in [0.29, 0.717) is 19.3 Å². The first-order chi connectivity index (χ1) is 10.5. The molecule has 0 rings (SSSR count). The number of rotatable bonds is 6. The van der Waals surface area contributed by atoms with Crippen LogP contribution in [-0.4, -0.2) is 55.9 Å². The van der Waals surface area contributed by atoms with Crippen LogP contribution in [0.15, 0.2) is 0 Å². The molecular formula is C18H40O6. The van der Waals surface area contributed by atoms with Crippen LogP contribution in [0.4, 0.5) is 0 Å². The average Bonchev–Trinajstić information content (AvgIpc) is 2.34. The van der Waals surface area contributed by atoms with Crippen molar-refractivity contribution >= 4 is 5.97 Å². The summed E-state index contributed by atoms with van der Waals surface area (Å²) in [6, 6.07) is 0. The molecule has 3 unspecified atom stereocenters. The van der Waals surface area contributed by atoms with Crippen molar-refractivity contribution in [3.05, 3.63) is 0 Å². The topological polar surface area (TPSA) is 107 Å². The van der Waals surface area contributed by atoms with Gasteiger partial charge in [0, 0.05) is 0 Å². The Bertz CT molecular complexity index is 289. The predicted octanol–water partition coefficient (Wildman–Crippen LogP) is 2.40. The molecular weight excluding hydrogens is 312 g/mol. The highest BCUT2D eigenvalue weighted by molar-refractivity contribution is 5.78. The minimum absolute atomic E-state index is 0.166. The van der Waals surface area contributed by atoms with Gasteiger partial charge in [0.2, 0.25) is 0 Å². The molecule has 0 aliphatic carbocycles. The van der Waals surface area contributed by atoms with Crippen LogP contribution in [0, 0.1) is 0 Å². The predicted molar refractivity (Wildman–Crippen MR) is 96.7 cm³/mol. The second-order valence-electron chi connectivity index (χ2n) is 7.53. The average molecular weight is 353 g/mol. The SMILES string of the molecule is CC(C)(C)O.CC(O)CCC(C)O.CCC(C)(O)C(=O)OC(C)C. The van der Waals surface area contributed by atoms with E-state index in [4.69, 9.17) is 20.1 Å². The van der Waals surface area contributed by atoms with E-state index in [1.807, 2.05) is 0 Å². The lowest BCUT2D eigenvalue weighted by atomic mass is 10.0. The molecule has 0 saturated heterocycles. The second-order valence-corrected chi connectivity index (χ2v) is 7.53. The number of aliphatic hydroxyl groups excluding tert-OH is 2. The second kappa shape index (κ2) is 13.6. The van der Waals surface area contributed by atoms with E-state index in [1.54, 1.807) is 55.4 Å².